The summed E-state index contributed by atoms with van der Waals surface area (Å²) in [6.07, 6.45) is 1.06. The van der Waals surface area contributed by atoms with Gasteiger partial charge in [0.25, 0.3) is 0 Å². The van der Waals surface area contributed by atoms with Gasteiger partial charge in [0, 0.05) is 12.0 Å². The minimum atomic E-state index is -0.708. The van der Waals surface area contributed by atoms with Crippen molar-refractivity contribution in [3.63, 3.8) is 0 Å². The lowest BCUT2D eigenvalue weighted by atomic mass is 10.1. The number of hydrogen-bond acceptors (Lipinski definition) is 7. The number of nitriles is 1. The summed E-state index contributed by atoms with van der Waals surface area (Å²) < 4.78 is 16.8. The number of carbonyl (C=O) groups excluding carboxylic acids is 2. The Kier molecular flexibility index (Phi) is 7.01. The number of methoxy groups -OCH3 is 2. The van der Waals surface area contributed by atoms with Crippen LogP contribution in [0.15, 0.2) is 54.6 Å². The fraction of sp³-hybridized carbons (Fsp3) is 0.217. The highest BCUT2D eigenvalue weighted by Crippen LogP contribution is 2.30. The molecule has 0 saturated carbocycles. The van der Waals surface area contributed by atoms with Gasteiger partial charge in [0.2, 0.25) is 0 Å². The normalized spacial score (nSPS) is 10.2. The van der Waals surface area contributed by atoms with Crippen molar-refractivity contribution >= 4 is 11.9 Å². The maximum absolute atomic E-state index is 12.6. The highest BCUT2D eigenvalue weighted by atomic mass is 16.5. The summed E-state index contributed by atoms with van der Waals surface area (Å²) in [5.41, 5.74) is 1.47. The van der Waals surface area contributed by atoms with Gasteiger partial charge in [0.05, 0.1) is 32.6 Å². The van der Waals surface area contributed by atoms with Crippen LogP contribution < -0.4 is 4.74 Å². The SMILES string of the molecule is COC(=O)c1c(-c2ccc(OCCCC#N)cc2)nn(-c2ccccc2)c1C(=O)OC. The van der Waals surface area contributed by atoms with E-state index in [1.807, 2.05) is 6.07 Å². The van der Waals surface area contributed by atoms with E-state index in [0.717, 1.165) is 0 Å². The molecule has 0 fully saturated rings. The van der Waals surface area contributed by atoms with Gasteiger partial charge in [0.1, 0.15) is 17.0 Å². The molecule has 0 N–H and O–H groups in total. The van der Waals surface area contributed by atoms with Crippen LogP contribution >= 0.6 is 0 Å². The number of nitrogens with zero attached hydrogens (tertiary/aromatic N) is 3. The van der Waals surface area contributed by atoms with Crippen molar-refractivity contribution in [2.45, 2.75) is 12.8 Å². The molecule has 31 heavy (non-hydrogen) atoms. The zero-order valence-corrected chi connectivity index (χ0v) is 17.2. The van der Waals surface area contributed by atoms with Crippen molar-refractivity contribution in [2.75, 3.05) is 20.8 Å². The molecule has 0 aliphatic heterocycles. The van der Waals surface area contributed by atoms with Gasteiger partial charge < -0.3 is 14.2 Å². The largest absolute Gasteiger partial charge is 0.494 e. The summed E-state index contributed by atoms with van der Waals surface area (Å²) in [4.78, 5) is 25.2. The van der Waals surface area contributed by atoms with E-state index in [0.29, 0.717) is 36.4 Å². The molecule has 0 unspecified atom stereocenters. The van der Waals surface area contributed by atoms with Gasteiger partial charge in [0.15, 0.2) is 5.69 Å². The fourth-order valence-corrected chi connectivity index (χ4v) is 3.01. The van der Waals surface area contributed by atoms with E-state index in [9.17, 15) is 9.59 Å². The van der Waals surface area contributed by atoms with E-state index in [1.54, 1.807) is 48.5 Å². The number of aromatic nitrogens is 2. The molecule has 8 heteroatoms. The molecule has 0 atom stereocenters. The summed E-state index contributed by atoms with van der Waals surface area (Å²) in [5, 5.41) is 13.1. The lowest BCUT2D eigenvalue weighted by Crippen LogP contribution is -2.15. The molecule has 8 nitrogen and oxygen atoms in total. The number of ether oxygens (including phenoxy) is 3. The smallest absolute Gasteiger partial charge is 0.357 e. The van der Waals surface area contributed by atoms with Crippen molar-refractivity contribution < 1.29 is 23.8 Å². The fourth-order valence-electron chi connectivity index (χ4n) is 3.01. The van der Waals surface area contributed by atoms with E-state index in [4.69, 9.17) is 19.5 Å². The predicted molar refractivity (Wildman–Crippen MR) is 112 cm³/mol. The van der Waals surface area contributed by atoms with Crippen molar-refractivity contribution in [1.82, 2.24) is 9.78 Å². The summed E-state index contributed by atoms with van der Waals surface area (Å²) in [6, 6.07) is 18.0. The van der Waals surface area contributed by atoms with Gasteiger partial charge >= 0.3 is 11.9 Å². The highest BCUT2D eigenvalue weighted by molar-refractivity contribution is 6.06. The summed E-state index contributed by atoms with van der Waals surface area (Å²) in [5.74, 6) is -0.785. The second kappa shape index (κ2) is 10.1. The Balaban J connectivity index is 2.07. The molecular formula is C23H21N3O5. The zero-order valence-electron chi connectivity index (χ0n) is 17.2. The topological polar surface area (TPSA) is 103 Å². The first-order chi connectivity index (χ1) is 15.1. The van der Waals surface area contributed by atoms with Gasteiger partial charge in [-0.05, 0) is 42.8 Å². The lowest BCUT2D eigenvalue weighted by Gasteiger charge is -2.07. The molecule has 0 saturated heterocycles. The summed E-state index contributed by atoms with van der Waals surface area (Å²) >= 11 is 0. The molecule has 3 rings (SSSR count). The Hall–Kier alpha value is -4.12. The van der Waals surface area contributed by atoms with E-state index in [2.05, 4.69) is 11.2 Å². The second-order valence-electron chi connectivity index (χ2n) is 6.44. The molecule has 1 heterocycles. The van der Waals surface area contributed by atoms with E-state index in [1.165, 1.54) is 18.9 Å². The van der Waals surface area contributed by atoms with Crippen LogP contribution in [0.1, 0.15) is 33.7 Å². The molecule has 2 aromatic carbocycles. The number of esters is 2. The first kappa shape index (κ1) is 21.6. The molecular weight excluding hydrogens is 398 g/mol. The van der Waals surface area contributed by atoms with Crippen molar-refractivity contribution in [2.24, 2.45) is 0 Å². The van der Waals surface area contributed by atoms with Crippen LogP contribution in [-0.2, 0) is 9.47 Å². The lowest BCUT2D eigenvalue weighted by molar-refractivity contribution is 0.0549. The van der Waals surface area contributed by atoms with E-state index < -0.39 is 11.9 Å². The Morgan fingerprint density at radius 1 is 1.00 bits per heavy atom. The van der Waals surface area contributed by atoms with Gasteiger partial charge in [-0.25, -0.2) is 14.3 Å². The standard InChI is InChI=1S/C23H21N3O5/c1-29-22(27)19-20(16-10-12-18(13-11-16)31-15-7-6-14-24)25-26(21(19)23(28)30-2)17-8-4-3-5-9-17/h3-5,8-13H,6-7,15H2,1-2H3. The van der Waals surface area contributed by atoms with Crippen LogP contribution in [0.3, 0.4) is 0 Å². The maximum Gasteiger partial charge on any atom is 0.357 e. The molecule has 0 aliphatic rings. The molecule has 0 amide bonds. The average Bonchev–Trinajstić information content (AvgIpc) is 3.22. The predicted octanol–water partition coefficient (Wildman–Crippen LogP) is 3.80. The molecule has 0 aliphatic carbocycles. The third-order valence-electron chi connectivity index (χ3n) is 4.48. The Labute approximate surface area is 179 Å². The van der Waals surface area contributed by atoms with E-state index in [-0.39, 0.29) is 17.0 Å². The quantitative estimate of drug-likeness (QED) is 0.404. The first-order valence-corrected chi connectivity index (χ1v) is 9.56. The Morgan fingerprint density at radius 3 is 2.29 bits per heavy atom. The number of benzene rings is 2. The zero-order chi connectivity index (χ0) is 22.2. The van der Waals surface area contributed by atoms with Crippen molar-refractivity contribution in [3.05, 3.63) is 65.9 Å². The van der Waals surface area contributed by atoms with Gasteiger partial charge in [-0.1, -0.05) is 18.2 Å². The summed E-state index contributed by atoms with van der Waals surface area (Å²) in [6.45, 7) is 0.426. The Morgan fingerprint density at radius 2 is 1.68 bits per heavy atom. The van der Waals surface area contributed by atoms with Gasteiger partial charge in [-0.15, -0.1) is 0 Å². The van der Waals surface area contributed by atoms with E-state index >= 15 is 0 Å². The molecule has 158 valence electrons. The van der Waals surface area contributed by atoms with Crippen LogP contribution in [0, 0.1) is 11.3 Å². The van der Waals surface area contributed by atoms with Gasteiger partial charge in [-0.2, -0.15) is 10.4 Å². The number of para-hydroxylation sites is 1. The molecule has 3 aromatic rings. The van der Waals surface area contributed by atoms with Crippen LogP contribution in [0.25, 0.3) is 16.9 Å². The molecule has 0 radical (unpaired) electrons. The molecule has 0 spiro atoms. The van der Waals surface area contributed by atoms with Crippen LogP contribution in [0.4, 0.5) is 0 Å². The van der Waals surface area contributed by atoms with Crippen LogP contribution in [-0.4, -0.2) is 42.5 Å². The number of rotatable bonds is 8. The molecule has 0 bridgehead atoms. The molecule has 1 aromatic heterocycles. The van der Waals surface area contributed by atoms with Gasteiger partial charge in [-0.3, -0.25) is 0 Å². The maximum atomic E-state index is 12.6. The number of hydrogen-bond donors (Lipinski definition) is 0. The third-order valence-corrected chi connectivity index (χ3v) is 4.48. The highest BCUT2D eigenvalue weighted by Gasteiger charge is 2.31. The third kappa shape index (κ3) is 4.73. The van der Waals surface area contributed by atoms with Crippen molar-refractivity contribution in [3.8, 4) is 28.8 Å². The Bertz CT molecular complexity index is 1100. The minimum Gasteiger partial charge on any atom is -0.494 e. The van der Waals surface area contributed by atoms with Crippen molar-refractivity contribution in [1.29, 1.82) is 5.26 Å². The summed E-state index contributed by atoms with van der Waals surface area (Å²) in [7, 11) is 2.48. The minimum absolute atomic E-state index is 0.0147. The first-order valence-electron chi connectivity index (χ1n) is 9.56. The number of unbranched alkanes of at least 4 members (excludes halogenated alkanes) is 1. The van der Waals surface area contributed by atoms with Crippen LogP contribution in [0.5, 0.6) is 5.75 Å². The second-order valence-corrected chi connectivity index (χ2v) is 6.44. The monoisotopic (exact) mass is 419 g/mol. The van der Waals surface area contributed by atoms with Crippen LogP contribution in [0.2, 0.25) is 0 Å². The number of carbonyl (C=O) groups is 2. The average molecular weight is 419 g/mol.